The van der Waals surface area contributed by atoms with Crippen LogP contribution in [0.15, 0.2) is 47.4 Å². The fourth-order valence-corrected chi connectivity index (χ4v) is 4.73. The molecule has 0 aromatic heterocycles. The summed E-state index contributed by atoms with van der Waals surface area (Å²) in [6.45, 7) is 3.97. The lowest BCUT2D eigenvalue weighted by atomic mass is 9.82. The Bertz CT molecular complexity index is 736. The first-order chi connectivity index (χ1) is 12.5. The number of hydrogen-bond donors (Lipinski definition) is 4. The topological polar surface area (TPSA) is 72.7 Å². The Morgan fingerprint density at radius 3 is 2.50 bits per heavy atom. The highest BCUT2D eigenvalue weighted by Gasteiger charge is 2.29. The van der Waals surface area contributed by atoms with E-state index in [2.05, 4.69) is 23.8 Å². The van der Waals surface area contributed by atoms with Crippen LogP contribution in [0, 0.1) is 5.92 Å². The predicted molar refractivity (Wildman–Crippen MR) is 106 cm³/mol. The van der Waals surface area contributed by atoms with Crippen LogP contribution in [0.1, 0.15) is 50.2 Å². The Kier molecular flexibility index (Phi) is 6.12. The number of rotatable bonds is 5. The molecule has 4 atom stereocenters. The van der Waals surface area contributed by atoms with Gasteiger partial charge >= 0.3 is 0 Å². The summed E-state index contributed by atoms with van der Waals surface area (Å²) < 4.78 is 3.52. The van der Waals surface area contributed by atoms with E-state index in [1.165, 1.54) is 17.5 Å². The molecular weight excluding hydrogens is 346 g/mol. The molecule has 2 aromatic carbocycles. The third-order valence-corrected chi connectivity index (χ3v) is 6.36. The van der Waals surface area contributed by atoms with Crippen LogP contribution in [0.4, 0.5) is 0 Å². The second kappa shape index (κ2) is 8.33. The van der Waals surface area contributed by atoms with Crippen LogP contribution in [0.3, 0.4) is 0 Å². The lowest BCUT2D eigenvalue weighted by Gasteiger charge is -2.26. The molecule has 140 valence electrons. The standard InChI is InChI=1S/C21H27NO3S/c1-3-14(13(2)23)9-16-10-17(15-7-5-4-6-8-15)18-11-19(24)20(25)12-21(18)26-22-16/h4-8,11-14,16-17,22-25H,3,9-10H2,1-2H3/t13?,14?,16-,17+/m1/s1. The average Bonchev–Trinajstić information content (AvgIpc) is 2.80. The molecule has 1 aliphatic heterocycles. The maximum Gasteiger partial charge on any atom is 0.158 e. The van der Waals surface area contributed by atoms with Gasteiger partial charge in [0.1, 0.15) is 0 Å². The minimum Gasteiger partial charge on any atom is -0.504 e. The Morgan fingerprint density at radius 1 is 1.15 bits per heavy atom. The SMILES string of the molecule is CCC(C[C@@H]1C[C@@H](c2ccccc2)c2cc(O)c(O)cc2SN1)C(C)O. The second-order valence-corrected chi connectivity index (χ2v) is 8.02. The Morgan fingerprint density at radius 2 is 1.85 bits per heavy atom. The number of phenols is 2. The third kappa shape index (κ3) is 4.17. The molecule has 0 saturated carbocycles. The van der Waals surface area contributed by atoms with Crippen LogP contribution in [0.25, 0.3) is 0 Å². The molecule has 1 aliphatic rings. The number of aromatic hydroxyl groups is 2. The van der Waals surface area contributed by atoms with E-state index < -0.39 is 0 Å². The summed E-state index contributed by atoms with van der Waals surface area (Å²) in [6.07, 6.45) is 2.36. The van der Waals surface area contributed by atoms with E-state index in [-0.39, 0.29) is 35.5 Å². The average molecular weight is 374 g/mol. The number of fused-ring (bicyclic) bond motifs is 1. The predicted octanol–water partition coefficient (Wildman–Crippen LogP) is 4.40. The number of hydrogen-bond acceptors (Lipinski definition) is 5. The van der Waals surface area contributed by atoms with E-state index in [0.29, 0.717) is 0 Å². The summed E-state index contributed by atoms with van der Waals surface area (Å²) in [6, 6.07) is 13.8. The van der Waals surface area contributed by atoms with Crippen molar-refractivity contribution in [2.75, 3.05) is 0 Å². The van der Waals surface area contributed by atoms with Crippen molar-refractivity contribution in [1.29, 1.82) is 0 Å². The number of benzene rings is 2. The van der Waals surface area contributed by atoms with E-state index in [1.807, 2.05) is 25.1 Å². The molecule has 0 saturated heterocycles. The van der Waals surface area contributed by atoms with E-state index in [1.54, 1.807) is 12.1 Å². The number of aliphatic hydroxyl groups is 1. The van der Waals surface area contributed by atoms with Gasteiger partial charge in [0.25, 0.3) is 0 Å². The third-order valence-electron chi connectivity index (χ3n) is 5.33. The zero-order chi connectivity index (χ0) is 18.7. The zero-order valence-electron chi connectivity index (χ0n) is 15.2. The summed E-state index contributed by atoms with van der Waals surface area (Å²) in [5.74, 6) is 0.183. The molecule has 0 amide bonds. The normalized spacial score (nSPS) is 22.3. The van der Waals surface area contributed by atoms with Crippen LogP contribution in [0.2, 0.25) is 0 Å². The van der Waals surface area contributed by atoms with Gasteiger partial charge in [0.2, 0.25) is 0 Å². The van der Waals surface area contributed by atoms with Crippen molar-refractivity contribution in [3.63, 3.8) is 0 Å². The van der Waals surface area contributed by atoms with Crippen LogP contribution in [-0.2, 0) is 0 Å². The number of aliphatic hydroxyl groups excluding tert-OH is 1. The Balaban J connectivity index is 1.96. The molecule has 0 bridgehead atoms. The van der Waals surface area contributed by atoms with Crippen LogP contribution in [-0.4, -0.2) is 27.5 Å². The van der Waals surface area contributed by atoms with E-state index in [9.17, 15) is 15.3 Å². The summed E-state index contributed by atoms with van der Waals surface area (Å²) in [5, 5.41) is 30.0. The van der Waals surface area contributed by atoms with Crippen molar-refractivity contribution in [3.05, 3.63) is 53.6 Å². The van der Waals surface area contributed by atoms with Crippen molar-refractivity contribution in [3.8, 4) is 11.5 Å². The van der Waals surface area contributed by atoms with Gasteiger partial charge in [-0.05, 0) is 60.9 Å². The molecule has 0 aliphatic carbocycles. The maximum atomic E-state index is 10.0. The molecule has 2 unspecified atom stereocenters. The molecule has 5 heteroatoms. The smallest absolute Gasteiger partial charge is 0.158 e. The highest BCUT2D eigenvalue weighted by Crippen LogP contribution is 2.43. The molecule has 0 fully saturated rings. The van der Waals surface area contributed by atoms with Gasteiger partial charge in [-0.1, -0.05) is 43.7 Å². The largest absolute Gasteiger partial charge is 0.504 e. The highest BCUT2D eigenvalue weighted by molar-refractivity contribution is 7.97. The van der Waals surface area contributed by atoms with Crippen LogP contribution < -0.4 is 4.72 Å². The van der Waals surface area contributed by atoms with Gasteiger partial charge in [-0.2, -0.15) is 0 Å². The van der Waals surface area contributed by atoms with E-state index in [4.69, 9.17) is 0 Å². The summed E-state index contributed by atoms with van der Waals surface area (Å²) in [5.41, 5.74) is 2.22. The zero-order valence-corrected chi connectivity index (χ0v) is 16.0. The van der Waals surface area contributed by atoms with Crippen molar-refractivity contribution in [2.24, 2.45) is 5.92 Å². The molecular formula is C21H27NO3S. The molecule has 0 radical (unpaired) electrons. The van der Waals surface area contributed by atoms with Gasteiger partial charge in [-0.3, -0.25) is 4.72 Å². The summed E-state index contributed by atoms with van der Waals surface area (Å²) in [7, 11) is 0. The molecule has 2 aromatic rings. The Hall–Kier alpha value is -1.69. The minimum atomic E-state index is -0.333. The first-order valence-corrected chi connectivity index (χ1v) is 10.0. The first kappa shape index (κ1) is 19.1. The second-order valence-electron chi connectivity index (χ2n) is 7.14. The van der Waals surface area contributed by atoms with E-state index in [0.717, 1.165) is 29.7 Å². The van der Waals surface area contributed by atoms with Gasteiger partial charge < -0.3 is 15.3 Å². The van der Waals surface area contributed by atoms with Gasteiger partial charge in [-0.15, -0.1) is 0 Å². The molecule has 0 spiro atoms. The van der Waals surface area contributed by atoms with Gasteiger partial charge in [0.05, 0.1) is 6.10 Å². The van der Waals surface area contributed by atoms with Crippen LogP contribution >= 0.6 is 11.9 Å². The first-order valence-electron chi connectivity index (χ1n) is 9.20. The number of nitrogens with one attached hydrogen (secondary N) is 1. The van der Waals surface area contributed by atoms with Gasteiger partial charge in [0.15, 0.2) is 11.5 Å². The Labute approximate surface area is 159 Å². The molecule has 26 heavy (non-hydrogen) atoms. The van der Waals surface area contributed by atoms with Gasteiger partial charge in [0, 0.05) is 16.9 Å². The lowest BCUT2D eigenvalue weighted by Crippen LogP contribution is -2.30. The fraction of sp³-hybridized carbons (Fsp3) is 0.429. The van der Waals surface area contributed by atoms with E-state index >= 15 is 0 Å². The molecule has 4 N–H and O–H groups in total. The van der Waals surface area contributed by atoms with Crippen molar-refractivity contribution >= 4 is 11.9 Å². The van der Waals surface area contributed by atoms with Crippen molar-refractivity contribution < 1.29 is 15.3 Å². The summed E-state index contributed by atoms with van der Waals surface area (Å²) >= 11 is 1.50. The molecule has 4 nitrogen and oxygen atoms in total. The monoisotopic (exact) mass is 373 g/mol. The quantitative estimate of drug-likeness (QED) is 0.462. The van der Waals surface area contributed by atoms with Crippen molar-refractivity contribution in [1.82, 2.24) is 4.72 Å². The minimum absolute atomic E-state index is 0.0841. The maximum absolute atomic E-state index is 10.0. The molecule has 3 rings (SSSR count). The highest BCUT2D eigenvalue weighted by atomic mass is 32.2. The lowest BCUT2D eigenvalue weighted by molar-refractivity contribution is 0.111. The molecule has 1 heterocycles. The van der Waals surface area contributed by atoms with Gasteiger partial charge in [-0.25, -0.2) is 0 Å². The fourth-order valence-electron chi connectivity index (χ4n) is 3.76. The van der Waals surface area contributed by atoms with Crippen LogP contribution in [0.5, 0.6) is 11.5 Å². The summed E-state index contributed by atoms with van der Waals surface area (Å²) in [4.78, 5) is 0.932. The number of phenolic OH excluding ortho intramolecular Hbond substituents is 2. The van der Waals surface area contributed by atoms with Crippen molar-refractivity contribution in [2.45, 2.75) is 56.1 Å².